The van der Waals surface area contributed by atoms with E-state index in [0.717, 1.165) is 0 Å². The van der Waals surface area contributed by atoms with Crippen LogP contribution in [0.15, 0.2) is 47.4 Å². The number of rotatable bonds is 9. The molecule has 10 nitrogen and oxygen atoms in total. The fraction of sp³-hybridized carbons (Fsp3) is 0.211. The van der Waals surface area contributed by atoms with Crippen LogP contribution in [-0.4, -0.2) is 45.8 Å². The van der Waals surface area contributed by atoms with Gasteiger partial charge in [0.2, 0.25) is 0 Å². The van der Waals surface area contributed by atoms with Crippen LogP contribution >= 0.6 is 0 Å². The Morgan fingerprint density at radius 1 is 1.16 bits per heavy atom. The summed E-state index contributed by atoms with van der Waals surface area (Å²) in [5.74, 6) is -0.945. The predicted molar refractivity (Wildman–Crippen MR) is 114 cm³/mol. The van der Waals surface area contributed by atoms with Crippen LogP contribution in [0.4, 0.5) is 5.69 Å². The minimum atomic E-state index is -4.40. The smallest absolute Gasteiger partial charge is 0.341 e. The van der Waals surface area contributed by atoms with Gasteiger partial charge in [0.05, 0.1) is 12.6 Å². The average molecular weight is 469 g/mol. The van der Waals surface area contributed by atoms with E-state index < -0.39 is 33.7 Å². The number of ether oxygens (including phenoxy) is 1. The standard InChI is InChI=1S/C19H20N2O8S2/c1-12-19(31(26,27)29-14-8-6-13(28-2)7-9-14)18-15(20-11-30(24)25)4-3-5-16(18)21(12)10-17(22)23/h3-9,20H,10-11H2,1-2H3,(H,22,23)(H,24,25). The summed E-state index contributed by atoms with van der Waals surface area (Å²) in [6.07, 6.45) is 0. The molecular formula is C19H20N2O8S2. The summed E-state index contributed by atoms with van der Waals surface area (Å²) < 4.78 is 58.4. The van der Waals surface area contributed by atoms with Gasteiger partial charge in [0.15, 0.2) is 11.1 Å². The highest BCUT2D eigenvalue weighted by atomic mass is 32.2. The number of carboxylic acid groups (broad SMARTS) is 1. The Labute approximate surface area is 180 Å². The quantitative estimate of drug-likeness (QED) is 0.318. The molecule has 2 aromatic carbocycles. The van der Waals surface area contributed by atoms with Crippen LogP contribution in [0.5, 0.6) is 11.5 Å². The first-order chi connectivity index (χ1) is 14.6. The summed E-state index contributed by atoms with van der Waals surface area (Å²) in [5.41, 5.74) is 0.736. The van der Waals surface area contributed by atoms with E-state index in [0.29, 0.717) is 11.3 Å². The lowest BCUT2D eigenvalue weighted by Crippen LogP contribution is -2.14. The molecule has 31 heavy (non-hydrogen) atoms. The van der Waals surface area contributed by atoms with E-state index in [1.165, 1.54) is 48.9 Å². The molecule has 1 aromatic heterocycles. The van der Waals surface area contributed by atoms with E-state index in [-0.39, 0.29) is 33.3 Å². The van der Waals surface area contributed by atoms with Crippen LogP contribution in [0, 0.1) is 6.92 Å². The third-order valence-electron chi connectivity index (χ3n) is 4.49. The van der Waals surface area contributed by atoms with Gasteiger partial charge in [0, 0.05) is 16.8 Å². The molecular weight excluding hydrogens is 448 g/mol. The highest BCUT2D eigenvalue weighted by Gasteiger charge is 2.29. The maximum Gasteiger partial charge on any atom is 0.341 e. The van der Waals surface area contributed by atoms with E-state index in [4.69, 9.17) is 13.5 Å². The van der Waals surface area contributed by atoms with Gasteiger partial charge in [-0.05, 0) is 43.3 Å². The van der Waals surface area contributed by atoms with Crippen molar-refractivity contribution in [1.29, 1.82) is 0 Å². The van der Waals surface area contributed by atoms with Gasteiger partial charge in [-0.2, -0.15) is 8.42 Å². The number of nitrogens with zero attached hydrogens (tertiary/aromatic N) is 1. The van der Waals surface area contributed by atoms with Crippen LogP contribution in [0.2, 0.25) is 0 Å². The fourth-order valence-corrected chi connectivity index (χ4v) is 4.88. The van der Waals surface area contributed by atoms with Crippen LogP contribution in [0.1, 0.15) is 5.69 Å². The van der Waals surface area contributed by atoms with E-state index in [1.54, 1.807) is 12.1 Å². The van der Waals surface area contributed by atoms with Crippen molar-refractivity contribution in [2.45, 2.75) is 18.4 Å². The second-order valence-electron chi connectivity index (χ2n) is 6.45. The van der Waals surface area contributed by atoms with Gasteiger partial charge in [0.25, 0.3) is 0 Å². The summed E-state index contributed by atoms with van der Waals surface area (Å²) in [4.78, 5) is 11.1. The summed E-state index contributed by atoms with van der Waals surface area (Å²) in [6.45, 7) is 0.997. The number of benzene rings is 2. The molecule has 0 saturated carbocycles. The number of anilines is 1. The molecule has 0 aliphatic heterocycles. The van der Waals surface area contributed by atoms with Crippen molar-refractivity contribution < 1.29 is 36.0 Å². The zero-order chi connectivity index (χ0) is 22.8. The first kappa shape index (κ1) is 22.6. The zero-order valence-corrected chi connectivity index (χ0v) is 18.2. The number of nitrogens with one attached hydrogen (secondary N) is 1. The Morgan fingerprint density at radius 2 is 1.81 bits per heavy atom. The van der Waals surface area contributed by atoms with E-state index >= 15 is 0 Å². The van der Waals surface area contributed by atoms with Crippen molar-refractivity contribution in [2.75, 3.05) is 18.3 Å². The Bertz CT molecular complexity index is 1250. The molecule has 0 radical (unpaired) electrons. The number of carbonyl (C=O) groups is 1. The van der Waals surface area contributed by atoms with Crippen molar-refractivity contribution in [3.05, 3.63) is 48.2 Å². The number of fused-ring (bicyclic) bond motifs is 1. The lowest BCUT2D eigenvalue weighted by molar-refractivity contribution is -0.137. The summed E-state index contributed by atoms with van der Waals surface area (Å²) in [7, 11) is -2.93. The van der Waals surface area contributed by atoms with Gasteiger partial charge in [-0.25, -0.2) is 4.21 Å². The molecule has 1 heterocycles. The molecule has 0 aliphatic rings. The normalized spacial score (nSPS) is 12.5. The highest BCUT2D eigenvalue weighted by molar-refractivity contribution is 7.87. The lowest BCUT2D eigenvalue weighted by Gasteiger charge is -2.10. The summed E-state index contributed by atoms with van der Waals surface area (Å²) in [6, 6.07) is 10.6. The third-order valence-corrected chi connectivity index (χ3v) is 6.29. The van der Waals surface area contributed by atoms with Gasteiger partial charge in [0.1, 0.15) is 28.8 Å². The molecule has 3 N–H and O–H groups in total. The maximum absolute atomic E-state index is 13.2. The predicted octanol–water partition coefficient (Wildman–Crippen LogP) is 2.40. The highest BCUT2D eigenvalue weighted by Crippen LogP contribution is 2.36. The number of hydrogen-bond donors (Lipinski definition) is 3. The number of aliphatic carboxylic acids is 1. The Kier molecular flexibility index (Phi) is 6.53. The molecule has 166 valence electrons. The molecule has 3 aromatic rings. The Morgan fingerprint density at radius 3 is 2.39 bits per heavy atom. The largest absolute Gasteiger partial charge is 0.497 e. The van der Waals surface area contributed by atoms with Crippen LogP contribution in [0.25, 0.3) is 10.9 Å². The molecule has 12 heteroatoms. The Balaban J connectivity index is 2.19. The topological polar surface area (TPSA) is 144 Å². The van der Waals surface area contributed by atoms with Crippen molar-refractivity contribution >= 4 is 43.8 Å². The van der Waals surface area contributed by atoms with Crippen LogP contribution in [-0.2, 0) is 32.5 Å². The molecule has 1 atom stereocenters. The first-order valence-corrected chi connectivity index (χ1v) is 11.6. The maximum atomic E-state index is 13.2. The molecule has 0 spiro atoms. The lowest BCUT2D eigenvalue weighted by atomic mass is 10.2. The number of carboxylic acids is 1. The van der Waals surface area contributed by atoms with Crippen LogP contribution < -0.4 is 14.2 Å². The second kappa shape index (κ2) is 8.96. The van der Waals surface area contributed by atoms with E-state index in [1.807, 2.05) is 0 Å². The van der Waals surface area contributed by atoms with Crippen LogP contribution in [0.3, 0.4) is 0 Å². The minimum Gasteiger partial charge on any atom is -0.497 e. The van der Waals surface area contributed by atoms with Gasteiger partial charge >= 0.3 is 16.1 Å². The molecule has 1 unspecified atom stereocenters. The van der Waals surface area contributed by atoms with E-state index in [9.17, 15) is 22.5 Å². The average Bonchev–Trinajstić information content (AvgIpc) is 2.99. The molecule has 0 aliphatic carbocycles. The summed E-state index contributed by atoms with van der Waals surface area (Å²) in [5, 5.41) is 12.2. The third kappa shape index (κ3) is 4.81. The van der Waals surface area contributed by atoms with Crippen molar-refractivity contribution in [2.24, 2.45) is 0 Å². The SMILES string of the molecule is COc1ccc(OS(=O)(=O)c2c(C)n(CC(=O)O)c3cccc(NCS(=O)O)c23)cc1. The number of hydrogen-bond acceptors (Lipinski definition) is 7. The van der Waals surface area contributed by atoms with Gasteiger partial charge < -0.3 is 28.5 Å². The number of aromatic nitrogens is 1. The molecule has 0 saturated heterocycles. The second-order valence-corrected chi connectivity index (χ2v) is 8.86. The fourth-order valence-electron chi connectivity index (χ4n) is 3.22. The first-order valence-electron chi connectivity index (χ1n) is 8.87. The van der Waals surface area contributed by atoms with E-state index in [2.05, 4.69) is 5.32 Å². The molecule has 3 rings (SSSR count). The van der Waals surface area contributed by atoms with Crippen molar-refractivity contribution in [3.63, 3.8) is 0 Å². The van der Waals surface area contributed by atoms with Gasteiger partial charge in [-0.15, -0.1) is 0 Å². The molecule has 0 fully saturated rings. The zero-order valence-electron chi connectivity index (χ0n) is 16.6. The van der Waals surface area contributed by atoms with Gasteiger partial charge in [-0.1, -0.05) is 6.07 Å². The molecule has 0 amide bonds. The van der Waals surface area contributed by atoms with Crippen molar-refractivity contribution in [3.8, 4) is 11.5 Å². The van der Waals surface area contributed by atoms with Gasteiger partial charge in [-0.3, -0.25) is 4.79 Å². The minimum absolute atomic E-state index is 0.0428. The monoisotopic (exact) mass is 468 g/mol. The Hall–Kier alpha value is -3.09. The number of methoxy groups -OCH3 is 1. The summed E-state index contributed by atoms with van der Waals surface area (Å²) >= 11 is -2.18. The van der Waals surface area contributed by atoms with Crippen molar-refractivity contribution in [1.82, 2.24) is 4.57 Å². The molecule has 0 bridgehead atoms.